The third kappa shape index (κ3) is 3.92. The summed E-state index contributed by atoms with van der Waals surface area (Å²) in [5.41, 5.74) is 9.08. The van der Waals surface area contributed by atoms with Gasteiger partial charge in [-0.2, -0.15) is 9.49 Å². The zero-order chi connectivity index (χ0) is 23.0. The fourth-order valence-corrected chi connectivity index (χ4v) is 3.95. The monoisotopic (exact) mass is 452 g/mol. The second-order valence-corrected chi connectivity index (χ2v) is 7.89. The molecule has 2 aromatic heterocycles. The van der Waals surface area contributed by atoms with E-state index in [1.54, 1.807) is 21.7 Å². The van der Waals surface area contributed by atoms with Gasteiger partial charge >= 0.3 is 0 Å². The Bertz CT molecular complexity index is 1300. The number of aryl methyl sites for hydroxylation is 1. The summed E-state index contributed by atoms with van der Waals surface area (Å²) in [5, 5.41) is 4.26. The van der Waals surface area contributed by atoms with E-state index in [1.807, 2.05) is 13.0 Å². The molecule has 1 aliphatic rings. The molecule has 0 unspecified atom stereocenters. The Morgan fingerprint density at radius 2 is 2.09 bits per heavy atom. The highest BCUT2D eigenvalue weighted by atomic mass is 35.5. The first-order chi connectivity index (χ1) is 15.3. The summed E-state index contributed by atoms with van der Waals surface area (Å²) in [6.07, 6.45) is 1.41. The van der Waals surface area contributed by atoms with Crippen molar-refractivity contribution in [2.75, 3.05) is 6.54 Å². The molecule has 162 valence electrons. The Kier molecular flexibility index (Phi) is 5.63. The van der Waals surface area contributed by atoms with Gasteiger partial charge in [0.15, 0.2) is 5.69 Å². The van der Waals surface area contributed by atoms with Crippen LogP contribution in [0.1, 0.15) is 27.2 Å². The molecule has 8 nitrogen and oxygen atoms in total. The molecule has 2 N–H and O–H groups in total. The number of nitrogens with zero attached hydrogens (tertiary/aromatic N) is 5. The molecule has 0 spiro atoms. The quantitative estimate of drug-likeness (QED) is 0.485. The lowest BCUT2D eigenvalue weighted by molar-refractivity contribution is -0.132. The molecule has 10 heteroatoms. The number of carbonyl (C=O) groups is 2. The smallest absolute Gasteiger partial charge is 0.252 e. The number of fused-ring (bicyclic) bond motifs is 1. The summed E-state index contributed by atoms with van der Waals surface area (Å²) in [6.45, 7) is 9.91. The lowest BCUT2D eigenvalue weighted by Gasteiger charge is -2.28. The highest BCUT2D eigenvalue weighted by Crippen LogP contribution is 2.30. The van der Waals surface area contributed by atoms with Gasteiger partial charge in [-0.3, -0.25) is 14.3 Å². The molecular weight excluding hydrogens is 435 g/mol. The maximum Gasteiger partial charge on any atom is 0.252 e. The molecule has 1 aliphatic heterocycles. The van der Waals surface area contributed by atoms with Crippen LogP contribution in [0, 0.1) is 19.4 Å². The molecule has 2 amide bonds. The number of amides is 2. The highest BCUT2D eigenvalue weighted by molar-refractivity contribution is 6.30. The molecule has 0 radical (unpaired) electrons. The number of primary amides is 1. The van der Waals surface area contributed by atoms with Gasteiger partial charge in [-0.1, -0.05) is 29.8 Å². The summed E-state index contributed by atoms with van der Waals surface area (Å²) in [7, 11) is 0. The van der Waals surface area contributed by atoms with E-state index < -0.39 is 11.9 Å². The van der Waals surface area contributed by atoms with Crippen molar-refractivity contribution in [1.29, 1.82) is 0 Å². The van der Waals surface area contributed by atoms with E-state index in [9.17, 15) is 14.0 Å². The molecular formula is C22H18ClFN6O2. The lowest BCUT2D eigenvalue weighted by atomic mass is 10.0. The molecule has 4 rings (SSSR count). The number of halogens is 2. The number of pyridine rings is 1. The van der Waals surface area contributed by atoms with E-state index in [1.165, 1.54) is 12.3 Å². The third-order valence-corrected chi connectivity index (χ3v) is 5.65. The van der Waals surface area contributed by atoms with Crippen molar-refractivity contribution in [2.45, 2.75) is 26.4 Å². The van der Waals surface area contributed by atoms with Gasteiger partial charge in [0.25, 0.3) is 5.91 Å². The Hall–Kier alpha value is -3.77. The minimum atomic E-state index is -0.823. The number of carbonyl (C=O) groups excluding carboxylic acids is 2. The number of hydrogen-bond donors (Lipinski definition) is 1. The van der Waals surface area contributed by atoms with Crippen LogP contribution in [-0.2, 0) is 24.3 Å². The number of benzene rings is 1. The van der Waals surface area contributed by atoms with Crippen LogP contribution in [-0.4, -0.2) is 38.0 Å². The highest BCUT2D eigenvalue weighted by Gasteiger charge is 2.30. The van der Waals surface area contributed by atoms with Gasteiger partial charge in [-0.25, -0.2) is 9.83 Å². The molecule has 0 atom stereocenters. The molecule has 1 aromatic carbocycles. The van der Waals surface area contributed by atoms with Crippen LogP contribution in [0.3, 0.4) is 0 Å². The Labute approximate surface area is 188 Å². The second-order valence-electron chi connectivity index (χ2n) is 7.48. The Morgan fingerprint density at radius 1 is 1.31 bits per heavy atom. The van der Waals surface area contributed by atoms with Gasteiger partial charge in [-0.15, -0.1) is 0 Å². The van der Waals surface area contributed by atoms with Gasteiger partial charge in [0.1, 0.15) is 5.69 Å². The fraction of sp³-hybridized carbons (Fsp3) is 0.227. The van der Waals surface area contributed by atoms with Gasteiger partial charge in [0.05, 0.1) is 42.4 Å². The van der Waals surface area contributed by atoms with Crippen molar-refractivity contribution in [3.8, 4) is 11.3 Å². The predicted molar refractivity (Wildman–Crippen MR) is 116 cm³/mol. The largest absolute Gasteiger partial charge is 0.365 e. The van der Waals surface area contributed by atoms with Crippen LogP contribution in [0.15, 0.2) is 30.5 Å². The van der Waals surface area contributed by atoms with E-state index in [4.69, 9.17) is 23.9 Å². The van der Waals surface area contributed by atoms with Crippen molar-refractivity contribution in [3.63, 3.8) is 0 Å². The number of rotatable bonds is 4. The van der Waals surface area contributed by atoms with Crippen LogP contribution >= 0.6 is 11.6 Å². The molecule has 3 heterocycles. The number of hydrogen-bond acceptors (Lipinski definition) is 4. The van der Waals surface area contributed by atoms with Gasteiger partial charge in [-0.05, 0) is 24.1 Å². The van der Waals surface area contributed by atoms with E-state index in [0.29, 0.717) is 30.0 Å². The molecule has 0 fully saturated rings. The first-order valence-corrected chi connectivity index (χ1v) is 10.1. The van der Waals surface area contributed by atoms with E-state index >= 15 is 0 Å². The van der Waals surface area contributed by atoms with Gasteiger partial charge in [0.2, 0.25) is 11.9 Å². The van der Waals surface area contributed by atoms with Crippen molar-refractivity contribution >= 4 is 29.1 Å². The maximum atomic E-state index is 13.5. The fourth-order valence-electron chi connectivity index (χ4n) is 3.78. The number of nitrogens with two attached hydrogens (primary N) is 1. The molecule has 0 aliphatic carbocycles. The van der Waals surface area contributed by atoms with Crippen LogP contribution in [0.4, 0.5) is 10.1 Å². The molecule has 0 saturated carbocycles. The molecule has 3 aromatic rings. The molecule has 0 bridgehead atoms. The zero-order valence-electron chi connectivity index (χ0n) is 17.1. The Morgan fingerprint density at radius 3 is 2.75 bits per heavy atom. The first-order valence-electron chi connectivity index (χ1n) is 9.74. The number of aromatic nitrogens is 3. The Balaban J connectivity index is 1.61. The van der Waals surface area contributed by atoms with E-state index in [-0.39, 0.29) is 35.2 Å². The van der Waals surface area contributed by atoms with E-state index in [0.717, 1.165) is 11.1 Å². The van der Waals surface area contributed by atoms with Gasteiger partial charge in [0, 0.05) is 18.3 Å². The van der Waals surface area contributed by atoms with Crippen molar-refractivity contribution in [3.05, 3.63) is 75.2 Å². The average molecular weight is 453 g/mol. The summed E-state index contributed by atoms with van der Waals surface area (Å²) >= 11 is 5.84. The SMILES string of the molecule is [C-]#[N+]c1ccc(CC(=O)N2CCn3nc(-c4cnc(F)c(Cl)c4)c(C(N)=O)c3C2)cc1C. The maximum absolute atomic E-state index is 13.5. The summed E-state index contributed by atoms with van der Waals surface area (Å²) < 4.78 is 15.1. The minimum Gasteiger partial charge on any atom is -0.365 e. The summed E-state index contributed by atoms with van der Waals surface area (Å²) in [4.78, 5) is 33.9. The van der Waals surface area contributed by atoms with Crippen molar-refractivity contribution in [2.24, 2.45) is 5.73 Å². The molecule has 0 saturated heterocycles. The van der Waals surface area contributed by atoms with Crippen LogP contribution in [0.2, 0.25) is 5.02 Å². The topological polar surface area (TPSA) is 98.5 Å². The standard InChI is InChI=1S/C22H18ClFN6O2/c1-12-7-13(3-4-16(12)26-2)8-18(31)29-5-6-30-17(11-29)19(22(25)32)20(28-30)14-9-15(23)21(24)27-10-14/h3-4,7,9-10H,5-6,8,11H2,1H3,(H2,25,32). The normalized spacial score (nSPS) is 12.9. The summed E-state index contributed by atoms with van der Waals surface area (Å²) in [6, 6.07) is 6.64. The third-order valence-electron chi connectivity index (χ3n) is 5.39. The second kappa shape index (κ2) is 8.40. The van der Waals surface area contributed by atoms with E-state index in [2.05, 4.69) is 14.9 Å². The van der Waals surface area contributed by atoms with Crippen molar-refractivity contribution in [1.82, 2.24) is 19.7 Å². The zero-order valence-corrected chi connectivity index (χ0v) is 17.9. The van der Waals surface area contributed by atoms with Crippen molar-refractivity contribution < 1.29 is 14.0 Å². The predicted octanol–water partition coefficient (Wildman–Crippen LogP) is 3.28. The van der Waals surface area contributed by atoms with Crippen LogP contribution in [0.5, 0.6) is 0 Å². The minimum absolute atomic E-state index is 0.115. The van der Waals surface area contributed by atoms with Crippen LogP contribution in [0.25, 0.3) is 16.1 Å². The molecule has 32 heavy (non-hydrogen) atoms. The summed E-state index contributed by atoms with van der Waals surface area (Å²) in [5.74, 6) is -1.64. The average Bonchev–Trinajstić information content (AvgIpc) is 3.14. The van der Waals surface area contributed by atoms with Gasteiger partial charge < -0.3 is 10.6 Å². The lowest BCUT2D eigenvalue weighted by Crippen LogP contribution is -2.40. The first kappa shape index (κ1) is 21.5. The van der Waals surface area contributed by atoms with Crippen LogP contribution < -0.4 is 5.73 Å².